The van der Waals surface area contributed by atoms with Crippen molar-refractivity contribution in [3.8, 4) is 0 Å². The van der Waals surface area contributed by atoms with Crippen LogP contribution in [0.4, 0.5) is 0 Å². The fourth-order valence-corrected chi connectivity index (χ4v) is 3.66. The number of nitrogens with one attached hydrogen (secondary N) is 1. The number of methoxy groups -OCH3 is 1. The number of likely N-dealkylation sites (tertiary alicyclic amines) is 2. The minimum Gasteiger partial charge on any atom is -0.469 e. The van der Waals surface area contributed by atoms with Gasteiger partial charge in [-0.25, -0.2) is 0 Å². The Hall–Kier alpha value is -1.30. The summed E-state index contributed by atoms with van der Waals surface area (Å²) in [6, 6.07) is 0. The van der Waals surface area contributed by atoms with Crippen LogP contribution in [0.15, 0.2) is 4.99 Å². The van der Waals surface area contributed by atoms with Crippen LogP contribution in [-0.2, 0) is 9.53 Å². The van der Waals surface area contributed by atoms with Crippen molar-refractivity contribution in [2.75, 3.05) is 53.4 Å². The molecule has 0 bridgehead atoms. The van der Waals surface area contributed by atoms with Gasteiger partial charge in [0, 0.05) is 33.2 Å². The van der Waals surface area contributed by atoms with Gasteiger partial charge in [-0.1, -0.05) is 6.92 Å². The Bertz CT molecular complexity index is 405. The standard InChI is InChI=1S/C17H32N4O2/c1-4-8-20-9-5-14(13-20)12-19-17(18-2)21-10-6-15(7-11-21)16(22)23-3/h14-15H,4-13H2,1-3H3,(H,18,19). The van der Waals surface area contributed by atoms with Gasteiger partial charge in [0.1, 0.15) is 0 Å². The van der Waals surface area contributed by atoms with Gasteiger partial charge in [0.2, 0.25) is 0 Å². The van der Waals surface area contributed by atoms with Crippen LogP contribution in [0.1, 0.15) is 32.6 Å². The third-order valence-corrected chi connectivity index (χ3v) is 5.00. The number of hydrogen-bond acceptors (Lipinski definition) is 4. The summed E-state index contributed by atoms with van der Waals surface area (Å²) in [5.41, 5.74) is 0. The Morgan fingerprint density at radius 3 is 2.61 bits per heavy atom. The van der Waals surface area contributed by atoms with Crippen molar-refractivity contribution in [3.05, 3.63) is 0 Å². The monoisotopic (exact) mass is 324 g/mol. The highest BCUT2D eigenvalue weighted by Crippen LogP contribution is 2.19. The van der Waals surface area contributed by atoms with E-state index in [0.29, 0.717) is 5.92 Å². The number of ether oxygens (including phenoxy) is 1. The molecule has 2 aliphatic rings. The van der Waals surface area contributed by atoms with Gasteiger partial charge in [-0.3, -0.25) is 9.79 Å². The zero-order chi connectivity index (χ0) is 16.7. The molecule has 2 saturated heterocycles. The first-order chi connectivity index (χ1) is 11.2. The molecule has 1 unspecified atom stereocenters. The Balaban J connectivity index is 1.73. The zero-order valence-corrected chi connectivity index (χ0v) is 14.9. The first kappa shape index (κ1) is 18.0. The molecule has 23 heavy (non-hydrogen) atoms. The molecule has 2 rings (SSSR count). The van der Waals surface area contributed by atoms with E-state index >= 15 is 0 Å². The molecular formula is C17H32N4O2. The van der Waals surface area contributed by atoms with E-state index in [4.69, 9.17) is 4.74 Å². The average molecular weight is 324 g/mol. The maximum Gasteiger partial charge on any atom is 0.308 e. The number of aliphatic imine (C=N–C) groups is 1. The second-order valence-electron chi connectivity index (χ2n) is 6.67. The van der Waals surface area contributed by atoms with Gasteiger partial charge in [0.05, 0.1) is 13.0 Å². The van der Waals surface area contributed by atoms with Crippen LogP contribution in [0.5, 0.6) is 0 Å². The van der Waals surface area contributed by atoms with Gasteiger partial charge >= 0.3 is 5.97 Å². The molecule has 2 heterocycles. The lowest BCUT2D eigenvalue weighted by Gasteiger charge is -2.33. The van der Waals surface area contributed by atoms with Crippen molar-refractivity contribution in [2.24, 2.45) is 16.8 Å². The second-order valence-corrected chi connectivity index (χ2v) is 6.67. The third kappa shape index (κ3) is 5.09. The van der Waals surface area contributed by atoms with Crippen molar-refractivity contribution in [3.63, 3.8) is 0 Å². The van der Waals surface area contributed by atoms with Crippen molar-refractivity contribution >= 4 is 11.9 Å². The molecule has 0 aliphatic carbocycles. The lowest BCUT2D eigenvalue weighted by molar-refractivity contribution is -0.146. The zero-order valence-electron chi connectivity index (χ0n) is 14.9. The smallest absolute Gasteiger partial charge is 0.308 e. The van der Waals surface area contributed by atoms with Crippen molar-refractivity contribution in [2.45, 2.75) is 32.6 Å². The number of piperidine rings is 1. The quantitative estimate of drug-likeness (QED) is 0.467. The minimum atomic E-state index is -0.0745. The third-order valence-electron chi connectivity index (χ3n) is 5.00. The first-order valence-electron chi connectivity index (χ1n) is 8.93. The Labute approximate surface area is 140 Å². The van der Waals surface area contributed by atoms with Crippen LogP contribution in [-0.4, -0.2) is 75.2 Å². The Morgan fingerprint density at radius 1 is 1.26 bits per heavy atom. The predicted octanol–water partition coefficient (Wildman–Crippen LogP) is 1.18. The summed E-state index contributed by atoms with van der Waals surface area (Å²) < 4.78 is 4.85. The Kier molecular flexibility index (Phi) is 7.15. The highest BCUT2D eigenvalue weighted by molar-refractivity contribution is 5.80. The van der Waals surface area contributed by atoms with E-state index in [1.807, 2.05) is 7.05 Å². The lowest BCUT2D eigenvalue weighted by Crippen LogP contribution is -2.47. The molecule has 132 valence electrons. The van der Waals surface area contributed by atoms with Gasteiger partial charge < -0.3 is 19.9 Å². The lowest BCUT2D eigenvalue weighted by atomic mass is 9.97. The fourth-order valence-electron chi connectivity index (χ4n) is 3.66. The van der Waals surface area contributed by atoms with E-state index in [1.54, 1.807) is 0 Å². The summed E-state index contributed by atoms with van der Waals surface area (Å²) >= 11 is 0. The molecule has 6 heteroatoms. The number of rotatable bonds is 5. The molecule has 1 atom stereocenters. The predicted molar refractivity (Wildman–Crippen MR) is 92.5 cm³/mol. The van der Waals surface area contributed by atoms with Gasteiger partial charge in [-0.2, -0.15) is 0 Å². The van der Waals surface area contributed by atoms with Crippen LogP contribution < -0.4 is 5.32 Å². The van der Waals surface area contributed by atoms with Crippen LogP contribution in [0.3, 0.4) is 0 Å². The van der Waals surface area contributed by atoms with Crippen LogP contribution in [0.2, 0.25) is 0 Å². The fraction of sp³-hybridized carbons (Fsp3) is 0.882. The summed E-state index contributed by atoms with van der Waals surface area (Å²) in [5, 5.41) is 3.53. The normalized spacial score (nSPS) is 24.0. The van der Waals surface area contributed by atoms with E-state index in [1.165, 1.54) is 39.6 Å². The number of carbonyl (C=O) groups is 1. The molecule has 0 aromatic rings. The molecule has 2 fully saturated rings. The molecule has 0 radical (unpaired) electrons. The highest BCUT2D eigenvalue weighted by Gasteiger charge is 2.27. The molecular weight excluding hydrogens is 292 g/mol. The van der Waals surface area contributed by atoms with Gasteiger partial charge in [0.15, 0.2) is 5.96 Å². The van der Waals surface area contributed by atoms with Crippen LogP contribution in [0.25, 0.3) is 0 Å². The maximum absolute atomic E-state index is 11.6. The average Bonchev–Trinajstić information content (AvgIpc) is 3.03. The van der Waals surface area contributed by atoms with Gasteiger partial charge in [0.25, 0.3) is 0 Å². The van der Waals surface area contributed by atoms with Crippen molar-refractivity contribution in [1.82, 2.24) is 15.1 Å². The topological polar surface area (TPSA) is 57.2 Å². The maximum atomic E-state index is 11.6. The molecule has 1 N–H and O–H groups in total. The van der Waals surface area contributed by atoms with Crippen LogP contribution >= 0.6 is 0 Å². The second kappa shape index (κ2) is 9.11. The molecule has 0 spiro atoms. The van der Waals surface area contributed by atoms with E-state index in [-0.39, 0.29) is 11.9 Å². The van der Waals surface area contributed by atoms with Crippen molar-refractivity contribution in [1.29, 1.82) is 0 Å². The van der Waals surface area contributed by atoms with E-state index < -0.39 is 0 Å². The number of esters is 1. The first-order valence-corrected chi connectivity index (χ1v) is 8.93. The van der Waals surface area contributed by atoms with Gasteiger partial charge in [-0.15, -0.1) is 0 Å². The molecule has 0 amide bonds. The van der Waals surface area contributed by atoms with E-state index in [0.717, 1.165) is 38.4 Å². The highest BCUT2D eigenvalue weighted by atomic mass is 16.5. The number of guanidine groups is 1. The largest absolute Gasteiger partial charge is 0.469 e. The molecule has 6 nitrogen and oxygen atoms in total. The summed E-state index contributed by atoms with van der Waals surface area (Å²) in [5.74, 6) is 1.66. The Morgan fingerprint density at radius 2 is 2.00 bits per heavy atom. The summed E-state index contributed by atoms with van der Waals surface area (Å²) in [7, 11) is 3.31. The summed E-state index contributed by atoms with van der Waals surface area (Å²) in [6.07, 6.45) is 4.20. The van der Waals surface area contributed by atoms with E-state index in [2.05, 4.69) is 27.0 Å². The molecule has 0 aromatic carbocycles. The van der Waals surface area contributed by atoms with Gasteiger partial charge in [-0.05, 0) is 44.7 Å². The van der Waals surface area contributed by atoms with Crippen LogP contribution in [0, 0.1) is 11.8 Å². The minimum absolute atomic E-state index is 0.0480. The van der Waals surface area contributed by atoms with E-state index in [9.17, 15) is 4.79 Å². The molecule has 0 saturated carbocycles. The number of carbonyl (C=O) groups excluding carboxylic acids is 1. The molecule has 0 aromatic heterocycles. The molecule has 2 aliphatic heterocycles. The summed E-state index contributed by atoms with van der Waals surface area (Å²) in [6.45, 7) is 8.60. The number of nitrogens with zero attached hydrogens (tertiary/aromatic N) is 3. The summed E-state index contributed by atoms with van der Waals surface area (Å²) in [4.78, 5) is 20.8. The van der Waals surface area contributed by atoms with Crippen molar-refractivity contribution < 1.29 is 9.53 Å². The number of hydrogen-bond donors (Lipinski definition) is 1. The SMILES string of the molecule is CCCN1CCC(CNC(=NC)N2CCC(C(=O)OC)CC2)C1.